The molecule has 126 valence electrons. The molecule has 0 bridgehead atoms. The van der Waals surface area contributed by atoms with Crippen molar-refractivity contribution in [1.29, 1.82) is 0 Å². The molecule has 1 N–H and O–H groups in total. The molecular weight excluding hydrogens is 314 g/mol. The molecule has 0 aliphatic carbocycles. The number of nitrogens with zero attached hydrogens (tertiary/aromatic N) is 2. The highest BCUT2D eigenvalue weighted by atomic mass is 16.5. The third kappa shape index (κ3) is 4.19. The fraction of sp³-hybridized carbons (Fsp3) is 0.250. The smallest absolute Gasteiger partial charge is 0.337 e. The van der Waals surface area contributed by atoms with Gasteiger partial charge < -0.3 is 14.6 Å². The van der Waals surface area contributed by atoms with E-state index in [4.69, 9.17) is 4.52 Å². The predicted octanol–water partition coefficient (Wildman–Crippen LogP) is 1.76. The first-order chi connectivity index (χ1) is 11.4. The molecule has 0 saturated carbocycles. The molecule has 0 radical (unpaired) electrons. The van der Waals surface area contributed by atoms with Crippen LogP contribution in [0.1, 0.15) is 23.0 Å². The van der Waals surface area contributed by atoms with Crippen molar-refractivity contribution in [2.45, 2.75) is 13.8 Å². The Morgan fingerprint density at radius 2 is 2.04 bits per heavy atom. The molecule has 0 unspecified atom stereocenters. The van der Waals surface area contributed by atoms with Crippen LogP contribution >= 0.6 is 0 Å². The number of methoxy groups -OCH3 is 1. The normalized spacial score (nSPS) is 10.1. The van der Waals surface area contributed by atoms with E-state index in [1.807, 2.05) is 0 Å². The Morgan fingerprint density at radius 1 is 1.29 bits per heavy atom. The van der Waals surface area contributed by atoms with Crippen molar-refractivity contribution in [1.82, 2.24) is 5.16 Å². The topological polar surface area (TPSA) is 102 Å². The highest BCUT2D eigenvalue weighted by molar-refractivity contribution is 6.01. The second-order valence-corrected chi connectivity index (χ2v) is 5.02. The molecule has 8 heteroatoms. The number of hydrogen-bond donors (Lipinski definition) is 1. The molecule has 2 amide bonds. The third-order valence-electron chi connectivity index (χ3n) is 3.14. The number of benzene rings is 1. The first-order valence-electron chi connectivity index (χ1n) is 7.10. The number of carbonyl (C=O) groups is 3. The van der Waals surface area contributed by atoms with Gasteiger partial charge >= 0.3 is 5.97 Å². The van der Waals surface area contributed by atoms with Gasteiger partial charge in [-0.15, -0.1) is 0 Å². The van der Waals surface area contributed by atoms with Gasteiger partial charge in [0.1, 0.15) is 12.3 Å². The molecular formula is C16H17N3O5. The fourth-order valence-corrected chi connectivity index (χ4v) is 2.02. The van der Waals surface area contributed by atoms with Crippen LogP contribution < -0.4 is 10.2 Å². The quantitative estimate of drug-likeness (QED) is 0.838. The molecule has 1 aromatic heterocycles. The summed E-state index contributed by atoms with van der Waals surface area (Å²) in [4.78, 5) is 36.6. The zero-order valence-electron chi connectivity index (χ0n) is 13.5. The minimum Gasteiger partial charge on any atom is -0.465 e. The highest BCUT2D eigenvalue weighted by Gasteiger charge is 2.19. The summed E-state index contributed by atoms with van der Waals surface area (Å²) >= 11 is 0. The van der Waals surface area contributed by atoms with Crippen LogP contribution in [0.3, 0.4) is 0 Å². The molecule has 1 heterocycles. The summed E-state index contributed by atoms with van der Waals surface area (Å²) in [5.74, 6) is -0.495. The van der Waals surface area contributed by atoms with E-state index < -0.39 is 11.9 Å². The lowest BCUT2D eigenvalue weighted by molar-refractivity contribution is -0.120. The van der Waals surface area contributed by atoms with Gasteiger partial charge in [0.05, 0.1) is 12.7 Å². The predicted molar refractivity (Wildman–Crippen MR) is 85.7 cm³/mol. The zero-order chi connectivity index (χ0) is 17.7. The minimum absolute atomic E-state index is 0.232. The number of carbonyl (C=O) groups excluding carboxylic acids is 3. The van der Waals surface area contributed by atoms with E-state index in [0.717, 1.165) is 0 Å². The molecule has 0 aliphatic heterocycles. The van der Waals surface area contributed by atoms with E-state index >= 15 is 0 Å². The van der Waals surface area contributed by atoms with Crippen molar-refractivity contribution in [2.75, 3.05) is 23.9 Å². The van der Waals surface area contributed by atoms with Crippen LogP contribution in [0, 0.1) is 6.92 Å². The Morgan fingerprint density at radius 3 is 2.62 bits per heavy atom. The van der Waals surface area contributed by atoms with Gasteiger partial charge in [0, 0.05) is 18.7 Å². The van der Waals surface area contributed by atoms with Crippen molar-refractivity contribution >= 4 is 29.3 Å². The number of nitrogens with one attached hydrogen (secondary N) is 1. The maximum Gasteiger partial charge on any atom is 0.337 e. The Hall–Kier alpha value is -3.16. The molecule has 8 nitrogen and oxygen atoms in total. The lowest BCUT2D eigenvalue weighted by Gasteiger charge is -2.17. The van der Waals surface area contributed by atoms with Crippen molar-refractivity contribution in [3.05, 3.63) is 41.7 Å². The van der Waals surface area contributed by atoms with E-state index in [-0.39, 0.29) is 18.3 Å². The van der Waals surface area contributed by atoms with Crippen LogP contribution in [-0.2, 0) is 14.3 Å². The Bertz CT molecular complexity index is 769. The Labute approximate surface area is 138 Å². The highest BCUT2D eigenvalue weighted by Crippen LogP contribution is 2.15. The van der Waals surface area contributed by atoms with E-state index in [2.05, 4.69) is 15.2 Å². The monoisotopic (exact) mass is 331 g/mol. The van der Waals surface area contributed by atoms with Gasteiger partial charge in [0.2, 0.25) is 11.8 Å². The van der Waals surface area contributed by atoms with Gasteiger partial charge in [-0.05, 0) is 25.1 Å². The molecule has 2 aromatic rings. The maximum absolute atomic E-state index is 12.2. The number of ether oxygens (including phenoxy) is 1. The van der Waals surface area contributed by atoms with E-state index in [1.54, 1.807) is 31.2 Å². The first-order valence-corrected chi connectivity index (χ1v) is 7.10. The van der Waals surface area contributed by atoms with Crippen molar-refractivity contribution in [3.63, 3.8) is 0 Å². The number of esters is 1. The average Bonchev–Trinajstić information content (AvgIpc) is 2.98. The second-order valence-electron chi connectivity index (χ2n) is 5.02. The van der Waals surface area contributed by atoms with Crippen LogP contribution in [0.25, 0.3) is 0 Å². The first kappa shape index (κ1) is 17.2. The molecule has 1 aromatic carbocycles. The summed E-state index contributed by atoms with van der Waals surface area (Å²) in [5.41, 5.74) is 0.730. The van der Waals surface area contributed by atoms with Crippen LogP contribution in [0.15, 0.2) is 34.9 Å². The van der Waals surface area contributed by atoms with Crippen LogP contribution in [-0.4, -0.2) is 36.6 Å². The lowest BCUT2D eigenvalue weighted by Crippen LogP contribution is -2.36. The number of amides is 2. The van der Waals surface area contributed by atoms with Gasteiger partial charge in [-0.25, -0.2) is 4.79 Å². The average molecular weight is 331 g/mol. The summed E-state index contributed by atoms with van der Waals surface area (Å²) in [6.07, 6.45) is 0. The lowest BCUT2D eigenvalue weighted by atomic mass is 10.2. The third-order valence-corrected chi connectivity index (χ3v) is 3.14. The molecule has 0 saturated heterocycles. The number of anilines is 2. The van der Waals surface area contributed by atoms with Crippen molar-refractivity contribution in [3.8, 4) is 0 Å². The summed E-state index contributed by atoms with van der Waals surface area (Å²) in [7, 11) is 1.28. The Kier molecular flexibility index (Phi) is 5.31. The SMILES string of the molecule is COC(=O)c1cccc(NC(=O)CN(C(C)=O)c2cc(C)on2)c1. The fourth-order valence-electron chi connectivity index (χ4n) is 2.02. The van der Waals surface area contributed by atoms with Gasteiger partial charge in [-0.2, -0.15) is 0 Å². The van der Waals surface area contributed by atoms with Gasteiger partial charge in [0.25, 0.3) is 0 Å². The van der Waals surface area contributed by atoms with E-state index in [1.165, 1.54) is 25.0 Å². The van der Waals surface area contributed by atoms with E-state index in [0.29, 0.717) is 17.0 Å². The Balaban J connectivity index is 2.09. The standard InChI is InChI=1S/C16H17N3O5/c1-10-7-14(18-24-10)19(11(2)20)9-15(21)17-13-6-4-5-12(8-13)16(22)23-3/h4-8H,9H2,1-3H3,(H,17,21). The molecule has 2 rings (SSSR count). The van der Waals surface area contributed by atoms with Crippen molar-refractivity contribution < 1.29 is 23.6 Å². The van der Waals surface area contributed by atoms with Gasteiger partial charge in [-0.3, -0.25) is 14.5 Å². The molecule has 0 fully saturated rings. The number of aryl methyl sites for hydroxylation is 1. The number of rotatable bonds is 5. The van der Waals surface area contributed by atoms with Gasteiger partial charge in [0.15, 0.2) is 5.82 Å². The van der Waals surface area contributed by atoms with Crippen LogP contribution in [0.5, 0.6) is 0 Å². The van der Waals surface area contributed by atoms with E-state index in [9.17, 15) is 14.4 Å². The number of aromatic nitrogens is 1. The summed E-state index contributed by atoms with van der Waals surface area (Å²) in [5, 5.41) is 6.36. The number of hydrogen-bond acceptors (Lipinski definition) is 6. The molecule has 0 atom stereocenters. The largest absolute Gasteiger partial charge is 0.465 e. The summed E-state index contributed by atoms with van der Waals surface area (Å²) < 4.78 is 9.55. The molecule has 24 heavy (non-hydrogen) atoms. The molecule has 0 spiro atoms. The van der Waals surface area contributed by atoms with Gasteiger partial charge in [-0.1, -0.05) is 11.2 Å². The summed E-state index contributed by atoms with van der Waals surface area (Å²) in [6, 6.07) is 7.87. The van der Waals surface area contributed by atoms with Crippen LogP contribution in [0.4, 0.5) is 11.5 Å². The second kappa shape index (κ2) is 7.40. The van der Waals surface area contributed by atoms with Crippen LogP contribution in [0.2, 0.25) is 0 Å². The van der Waals surface area contributed by atoms with Crippen molar-refractivity contribution in [2.24, 2.45) is 0 Å². The molecule has 0 aliphatic rings. The minimum atomic E-state index is -0.505. The zero-order valence-corrected chi connectivity index (χ0v) is 13.5. The summed E-state index contributed by atoms with van der Waals surface area (Å²) in [6.45, 7) is 2.78. The maximum atomic E-state index is 12.2.